The Morgan fingerprint density at radius 1 is 1.50 bits per heavy atom. The molecule has 0 radical (unpaired) electrons. The molecule has 1 N–H and O–H groups in total. The van der Waals surface area contributed by atoms with E-state index in [0.29, 0.717) is 6.42 Å². The van der Waals surface area contributed by atoms with Crippen molar-refractivity contribution in [1.29, 1.82) is 0 Å². The highest BCUT2D eigenvalue weighted by atomic mass is 16.3. The summed E-state index contributed by atoms with van der Waals surface area (Å²) in [6.07, 6.45) is 3.13. The molecule has 2 heteroatoms. The lowest BCUT2D eigenvalue weighted by Gasteiger charge is -2.19. The van der Waals surface area contributed by atoms with E-state index in [9.17, 15) is 9.90 Å². The van der Waals surface area contributed by atoms with Crippen molar-refractivity contribution >= 4 is 5.78 Å². The quantitative estimate of drug-likeness (QED) is 0.657. The fraction of sp³-hybridized carbons (Fsp3) is 0.700. The average molecular weight is 170 g/mol. The van der Waals surface area contributed by atoms with Crippen molar-refractivity contribution in [2.24, 2.45) is 5.41 Å². The van der Waals surface area contributed by atoms with E-state index in [1.54, 1.807) is 6.08 Å². The first-order valence-corrected chi connectivity index (χ1v) is 4.18. The van der Waals surface area contributed by atoms with Crippen molar-refractivity contribution in [3.05, 3.63) is 12.2 Å². The number of hydrogen-bond acceptors (Lipinski definition) is 2. The van der Waals surface area contributed by atoms with Gasteiger partial charge in [-0.05, 0) is 24.8 Å². The van der Waals surface area contributed by atoms with Crippen LogP contribution in [0, 0.1) is 5.41 Å². The number of carbonyl (C=O) groups excluding carboxylic acids is 1. The number of hydrogen-bond donors (Lipinski definition) is 1. The molecule has 0 bridgehead atoms. The van der Waals surface area contributed by atoms with Crippen LogP contribution in [-0.2, 0) is 4.79 Å². The Balaban J connectivity index is 3.90. The van der Waals surface area contributed by atoms with Crippen molar-refractivity contribution in [3.8, 4) is 0 Å². The second kappa shape index (κ2) is 4.41. The largest absolute Gasteiger partial charge is 0.389 e. The van der Waals surface area contributed by atoms with E-state index in [1.807, 2.05) is 0 Å². The molecule has 0 heterocycles. The third-order valence-electron chi connectivity index (χ3n) is 1.37. The van der Waals surface area contributed by atoms with Crippen molar-refractivity contribution in [2.75, 3.05) is 0 Å². The third kappa shape index (κ3) is 7.48. The SMILES string of the molecule is CC(=O)/C=C/C(O)CC(C)(C)C. The molecule has 0 saturated heterocycles. The zero-order valence-electron chi connectivity index (χ0n) is 8.29. The van der Waals surface area contributed by atoms with Crippen LogP contribution < -0.4 is 0 Å². The minimum Gasteiger partial charge on any atom is -0.389 e. The van der Waals surface area contributed by atoms with E-state index in [0.717, 1.165) is 0 Å². The van der Waals surface area contributed by atoms with Gasteiger partial charge in [-0.3, -0.25) is 4.79 Å². The summed E-state index contributed by atoms with van der Waals surface area (Å²) in [7, 11) is 0. The van der Waals surface area contributed by atoms with Crippen LogP contribution in [0.4, 0.5) is 0 Å². The normalized spacial score (nSPS) is 15.1. The summed E-state index contributed by atoms with van der Waals surface area (Å²) in [6.45, 7) is 7.63. The van der Waals surface area contributed by atoms with Gasteiger partial charge >= 0.3 is 0 Å². The molecule has 1 unspecified atom stereocenters. The average Bonchev–Trinajstić information content (AvgIpc) is 1.79. The monoisotopic (exact) mass is 170 g/mol. The van der Waals surface area contributed by atoms with Crippen molar-refractivity contribution in [2.45, 2.75) is 40.2 Å². The Labute approximate surface area is 74.3 Å². The van der Waals surface area contributed by atoms with E-state index in [1.165, 1.54) is 13.0 Å². The van der Waals surface area contributed by atoms with Gasteiger partial charge in [0.05, 0.1) is 6.10 Å². The smallest absolute Gasteiger partial charge is 0.152 e. The number of carbonyl (C=O) groups is 1. The van der Waals surface area contributed by atoms with Gasteiger partial charge in [-0.15, -0.1) is 0 Å². The number of allylic oxidation sites excluding steroid dienone is 1. The first-order valence-electron chi connectivity index (χ1n) is 4.18. The first kappa shape index (κ1) is 11.4. The van der Waals surface area contributed by atoms with Crippen LogP contribution in [0.5, 0.6) is 0 Å². The van der Waals surface area contributed by atoms with Crippen LogP contribution >= 0.6 is 0 Å². The predicted octanol–water partition coefficient (Wildman–Crippen LogP) is 1.93. The molecule has 2 nitrogen and oxygen atoms in total. The van der Waals surface area contributed by atoms with Gasteiger partial charge in [0.15, 0.2) is 5.78 Å². The van der Waals surface area contributed by atoms with Crippen molar-refractivity contribution < 1.29 is 9.90 Å². The Hall–Kier alpha value is -0.630. The molecule has 0 amide bonds. The Kier molecular flexibility index (Phi) is 4.18. The summed E-state index contributed by atoms with van der Waals surface area (Å²) in [4.78, 5) is 10.5. The summed E-state index contributed by atoms with van der Waals surface area (Å²) in [5.74, 6) is -0.0250. The van der Waals surface area contributed by atoms with Crippen LogP contribution in [0.1, 0.15) is 34.1 Å². The molecule has 1 atom stereocenters. The zero-order valence-corrected chi connectivity index (χ0v) is 8.29. The molecular formula is C10H18O2. The molecule has 0 aliphatic carbocycles. The van der Waals surface area contributed by atoms with Gasteiger partial charge < -0.3 is 5.11 Å². The highest BCUT2D eigenvalue weighted by Gasteiger charge is 2.14. The standard InChI is InChI=1S/C10H18O2/c1-8(11)5-6-9(12)7-10(2,3)4/h5-6,9,12H,7H2,1-4H3/b6-5+. The summed E-state index contributed by atoms with van der Waals surface area (Å²) in [5, 5.41) is 9.39. The lowest BCUT2D eigenvalue weighted by Crippen LogP contribution is -2.15. The molecule has 0 rings (SSSR count). The van der Waals surface area contributed by atoms with Gasteiger partial charge in [-0.1, -0.05) is 26.8 Å². The lowest BCUT2D eigenvalue weighted by molar-refractivity contribution is -0.112. The highest BCUT2D eigenvalue weighted by molar-refractivity contribution is 5.87. The van der Waals surface area contributed by atoms with Crippen LogP contribution in [-0.4, -0.2) is 17.0 Å². The molecule has 70 valence electrons. The second-order valence-electron chi connectivity index (χ2n) is 4.30. The molecule has 0 aliphatic heterocycles. The van der Waals surface area contributed by atoms with Crippen LogP contribution in [0.25, 0.3) is 0 Å². The number of aliphatic hydroxyl groups excluding tert-OH is 1. The Bertz CT molecular complexity index is 175. The number of aliphatic hydroxyl groups is 1. The van der Waals surface area contributed by atoms with Gasteiger partial charge in [0.25, 0.3) is 0 Å². The van der Waals surface area contributed by atoms with E-state index >= 15 is 0 Å². The number of rotatable bonds is 3. The lowest BCUT2D eigenvalue weighted by atomic mass is 9.89. The summed E-state index contributed by atoms with van der Waals surface area (Å²) < 4.78 is 0. The fourth-order valence-electron chi connectivity index (χ4n) is 0.942. The van der Waals surface area contributed by atoms with Gasteiger partial charge in [-0.2, -0.15) is 0 Å². The number of ketones is 1. The topological polar surface area (TPSA) is 37.3 Å². The summed E-state index contributed by atoms with van der Waals surface area (Å²) in [6, 6.07) is 0. The van der Waals surface area contributed by atoms with E-state index < -0.39 is 6.10 Å². The van der Waals surface area contributed by atoms with Crippen LogP contribution in [0.3, 0.4) is 0 Å². The molecular weight excluding hydrogens is 152 g/mol. The molecule has 0 aromatic carbocycles. The highest BCUT2D eigenvalue weighted by Crippen LogP contribution is 2.20. The van der Waals surface area contributed by atoms with Crippen LogP contribution in [0.15, 0.2) is 12.2 Å². The second-order valence-corrected chi connectivity index (χ2v) is 4.30. The summed E-state index contributed by atoms with van der Waals surface area (Å²) >= 11 is 0. The minimum absolute atomic E-state index is 0.0250. The predicted molar refractivity (Wildman–Crippen MR) is 49.9 cm³/mol. The zero-order chi connectivity index (χ0) is 9.78. The molecule has 0 fully saturated rings. The molecule has 0 saturated carbocycles. The van der Waals surface area contributed by atoms with Crippen molar-refractivity contribution in [1.82, 2.24) is 0 Å². The minimum atomic E-state index is -0.506. The maximum absolute atomic E-state index is 10.5. The van der Waals surface area contributed by atoms with Gasteiger partial charge in [0.2, 0.25) is 0 Å². The molecule has 12 heavy (non-hydrogen) atoms. The molecule has 0 aromatic heterocycles. The molecule has 0 aliphatic rings. The van der Waals surface area contributed by atoms with E-state index in [-0.39, 0.29) is 11.2 Å². The van der Waals surface area contributed by atoms with E-state index in [4.69, 9.17) is 0 Å². The van der Waals surface area contributed by atoms with Crippen molar-refractivity contribution in [3.63, 3.8) is 0 Å². The Morgan fingerprint density at radius 2 is 2.00 bits per heavy atom. The van der Waals surface area contributed by atoms with Gasteiger partial charge in [0.1, 0.15) is 0 Å². The first-order chi connectivity index (χ1) is 5.31. The molecule has 0 aromatic rings. The van der Waals surface area contributed by atoms with Crippen LogP contribution in [0.2, 0.25) is 0 Å². The molecule has 0 spiro atoms. The maximum Gasteiger partial charge on any atom is 0.152 e. The fourth-order valence-corrected chi connectivity index (χ4v) is 0.942. The van der Waals surface area contributed by atoms with E-state index in [2.05, 4.69) is 20.8 Å². The third-order valence-corrected chi connectivity index (χ3v) is 1.37. The Morgan fingerprint density at radius 3 is 2.33 bits per heavy atom. The maximum atomic E-state index is 10.5. The van der Waals surface area contributed by atoms with Gasteiger partial charge in [0, 0.05) is 0 Å². The summed E-state index contributed by atoms with van der Waals surface area (Å²) in [5.41, 5.74) is 0.0978. The van der Waals surface area contributed by atoms with Gasteiger partial charge in [-0.25, -0.2) is 0 Å².